The van der Waals surface area contributed by atoms with Crippen molar-refractivity contribution >= 4 is 17.3 Å². The zero-order valence-corrected chi connectivity index (χ0v) is 9.76. The first-order valence-electron chi connectivity index (χ1n) is 5.28. The monoisotopic (exact) mass is 220 g/mol. The lowest BCUT2D eigenvalue weighted by Gasteiger charge is -2.16. The molecular weight excluding hydrogens is 204 g/mol. The Morgan fingerprint density at radius 3 is 2.80 bits per heavy atom. The molecule has 15 heavy (non-hydrogen) atoms. The molecular formula is C12H16N2S. The largest absolute Gasteiger partial charge is 0.376 e. The van der Waals surface area contributed by atoms with Gasteiger partial charge in [0.1, 0.15) is 0 Å². The van der Waals surface area contributed by atoms with Crippen LogP contribution < -0.4 is 5.73 Å². The summed E-state index contributed by atoms with van der Waals surface area (Å²) in [5.74, 6) is 0.590. The average molecular weight is 220 g/mol. The first-order valence-corrected chi connectivity index (χ1v) is 5.69. The highest BCUT2D eigenvalue weighted by Gasteiger charge is 2.25. The molecule has 3 heteroatoms. The zero-order valence-electron chi connectivity index (χ0n) is 8.94. The van der Waals surface area contributed by atoms with E-state index in [-0.39, 0.29) is 0 Å². The molecule has 1 atom stereocenters. The van der Waals surface area contributed by atoms with Crippen LogP contribution in [0.3, 0.4) is 0 Å². The van der Waals surface area contributed by atoms with Crippen molar-refractivity contribution in [2.45, 2.75) is 19.3 Å². The van der Waals surface area contributed by atoms with Crippen molar-refractivity contribution in [2.75, 3.05) is 13.1 Å². The Balaban J connectivity index is 2.14. The molecule has 0 aromatic heterocycles. The molecule has 1 aromatic carbocycles. The molecule has 2 rings (SSSR count). The van der Waals surface area contributed by atoms with E-state index in [1.165, 1.54) is 11.1 Å². The third-order valence-electron chi connectivity index (χ3n) is 3.13. The summed E-state index contributed by atoms with van der Waals surface area (Å²) in [6.45, 7) is 4.13. The number of hydrogen-bond donors (Lipinski definition) is 1. The maximum atomic E-state index is 5.63. The van der Waals surface area contributed by atoms with E-state index >= 15 is 0 Å². The topological polar surface area (TPSA) is 29.3 Å². The third kappa shape index (κ3) is 2.12. The number of hydrogen-bond acceptors (Lipinski definition) is 1. The van der Waals surface area contributed by atoms with Crippen molar-refractivity contribution < 1.29 is 0 Å². The van der Waals surface area contributed by atoms with Gasteiger partial charge in [-0.1, -0.05) is 24.3 Å². The quantitative estimate of drug-likeness (QED) is 0.734. The van der Waals surface area contributed by atoms with Gasteiger partial charge in [0.25, 0.3) is 0 Å². The summed E-state index contributed by atoms with van der Waals surface area (Å²) in [5.41, 5.74) is 8.44. The molecule has 1 aromatic rings. The van der Waals surface area contributed by atoms with Crippen molar-refractivity contribution in [3.8, 4) is 0 Å². The average Bonchev–Trinajstić information content (AvgIpc) is 2.67. The van der Waals surface area contributed by atoms with Gasteiger partial charge in [-0.3, -0.25) is 0 Å². The van der Waals surface area contributed by atoms with E-state index in [9.17, 15) is 0 Å². The molecule has 0 aliphatic carbocycles. The standard InChI is InChI=1S/C12H16N2S/c1-9-4-2-3-5-11(9)10-6-7-14(8-10)12(13)15/h2-5,10H,6-8H2,1H3,(H2,13,15). The van der Waals surface area contributed by atoms with Crippen LogP contribution in [0.4, 0.5) is 0 Å². The molecule has 1 fully saturated rings. The molecule has 0 spiro atoms. The second-order valence-electron chi connectivity index (χ2n) is 4.13. The van der Waals surface area contributed by atoms with Crippen molar-refractivity contribution in [3.63, 3.8) is 0 Å². The molecule has 0 bridgehead atoms. The smallest absolute Gasteiger partial charge is 0.166 e. The fourth-order valence-electron chi connectivity index (χ4n) is 2.26. The third-order valence-corrected chi connectivity index (χ3v) is 3.39. The minimum Gasteiger partial charge on any atom is -0.376 e. The van der Waals surface area contributed by atoms with E-state index in [0.29, 0.717) is 11.0 Å². The molecule has 1 aliphatic heterocycles. The molecule has 80 valence electrons. The minimum atomic E-state index is 0.533. The van der Waals surface area contributed by atoms with E-state index in [2.05, 4.69) is 36.1 Å². The maximum absolute atomic E-state index is 5.63. The van der Waals surface area contributed by atoms with Gasteiger partial charge < -0.3 is 10.6 Å². The number of thiocarbonyl (C=S) groups is 1. The van der Waals surface area contributed by atoms with Gasteiger partial charge in [0.2, 0.25) is 0 Å². The summed E-state index contributed by atoms with van der Waals surface area (Å²) in [6, 6.07) is 8.56. The van der Waals surface area contributed by atoms with Gasteiger partial charge in [-0.15, -0.1) is 0 Å². The Kier molecular flexibility index (Phi) is 2.91. The second-order valence-corrected chi connectivity index (χ2v) is 4.54. The maximum Gasteiger partial charge on any atom is 0.166 e. The molecule has 1 unspecified atom stereocenters. The molecule has 1 saturated heterocycles. The Morgan fingerprint density at radius 1 is 1.47 bits per heavy atom. The van der Waals surface area contributed by atoms with Gasteiger partial charge in [0, 0.05) is 19.0 Å². The number of likely N-dealkylation sites (tertiary alicyclic amines) is 1. The van der Waals surface area contributed by atoms with Gasteiger partial charge >= 0.3 is 0 Å². The van der Waals surface area contributed by atoms with E-state index in [1.807, 2.05) is 0 Å². The summed E-state index contributed by atoms with van der Waals surface area (Å²) < 4.78 is 0. The van der Waals surface area contributed by atoms with E-state index in [0.717, 1.165) is 19.5 Å². The highest BCUT2D eigenvalue weighted by molar-refractivity contribution is 7.80. The predicted molar refractivity (Wildman–Crippen MR) is 66.9 cm³/mol. The van der Waals surface area contributed by atoms with E-state index < -0.39 is 0 Å². The van der Waals surface area contributed by atoms with Crippen LogP contribution in [-0.2, 0) is 0 Å². The molecule has 0 saturated carbocycles. The highest BCUT2D eigenvalue weighted by Crippen LogP contribution is 2.28. The second kappa shape index (κ2) is 4.19. The fraction of sp³-hybridized carbons (Fsp3) is 0.417. The van der Waals surface area contributed by atoms with Crippen LogP contribution in [0.2, 0.25) is 0 Å². The SMILES string of the molecule is Cc1ccccc1C1CCN(C(N)=S)C1. The Bertz CT molecular complexity index is 376. The molecule has 2 nitrogen and oxygen atoms in total. The van der Waals surface area contributed by atoms with Crippen molar-refractivity contribution in [1.82, 2.24) is 4.90 Å². The van der Waals surface area contributed by atoms with Crippen LogP contribution in [0.25, 0.3) is 0 Å². The van der Waals surface area contributed by atoms with Crippen LogP contribution in [0.15, 0.2) is 24.3 Å². The van der Waals surface area contributed by atoms with E-state index in [4.69, 9.17) is 18.0 Å². The summed E-state index contributed by atoms with van der Waals surface area (Å²) in [6.07, 6.45) is 1.15. The van der Waals surface area contributed by atoms with Crippen molar-refractivity contribution in [3.05, 3.63) is 35.4 Å². The van der Waals surface area contributed by atoms with Crippen LogP contribution in [0.1, 0.15) is 23.5 Å². The lowest BCUT2D eigenvalue weighted by atomic mass is 9.94. The lowest BCUT2D eigenvalue weighted by Crippen LogP contribution is -2.33. The first-order chi connectivity index (χ1) is 7.18. The normalized spacial score (nSPS) is 20.6. The summed E-state index contributed by atoms with van der Waals surface area (Å²) >= 11 is 4.99. The van der Waals surface area contributed by atoms with Crippen LogP contribution >= 0.6 is 12.2 Å². The Morgan fingerprint density at radius 2 is 2.20 bits per heavy atom. The summed E-state index contributed by atoms with van der Waals surface area (Å²) in [4.78, 5) is 2.09. The van der Waals surface area contributed by atoms with Crippen LogP contribution in [0.5, 0.6) is 0 Å². The summed E-state index contributed by atoms with van der Waals surface area (Å²) in [5, 5.41) is 0.533. The number of benzene rings is 1. The molecule has 1 aliphatic rings. The number of rotatable bonds is 1. The highest BCUT2D eigenvalue weighted by atomic mass is 32.1. The van der Waals surface area contributed by atoms with Gasteiger partial charge in [-0.05, 0) is 36.7 Å². The van der Waals surface area contributed by atoms with Crippen LogP contribution in [-0.4, -0.2) is 23.1 Å². The molecule has 2 N–H and O–H groups in total. The minimum absolute atomic E-state index is 0.533. The number of aryl methyl sites for hydroxylation is 1. The van der Waals surface area contributed by atoms with Gasteiger partial charge in [0.15, 0.2) is 5.11 Å². The Hall–Kier alpha value is -1.09. The van der Waals surface area contributed by atoms with Crippen molar-refractivity contribution in [2.24, 2.45) is 5.73 Å². The fourth-order valence-corrected chi connectivity index (χ4v) is 2.42. The summed E-state index contributed by atoms with van der Waals surface area (Å²) in [7, 11) is 0. The Labute approximate surface area is 96.1 Å². The van der Waals surface area contributed by atoms with Gasteiger partial charge in [-0.2, -0.15) is 0 Å². The zero-order chi connectivity index (χ0) is 10.8. The molecule has 1 heterocycles. The lowest BCUT2D eigenvalue weighted by molar-refractivity contribution is 0.514. The first kappa shape index (κ1) is 10.4. The molecule has 0 amide bonds. The van der Waals surface area contributed by atoms with Gasteiger partial charge in [-0.25, -0.2) is 0 Å². The van der Waals surface area contributed by atoms with Crippen LogP contribution in [0, 0.1) is 6.92 Å². The predicted octanol–water partition coefficient (Wildman–Crippen LogP) is 2.03. The molecule has 0 radical (unpaired) electrons. The number of nitrogens with zero attached hydrogens (tertiary/aromatic N) is 1. The number of nitrogens with two attached hydrogens (primary N) is 1. The van der Waals surface area contributed by atoms with Gasteiger partial charge in [0.05, 0.1) is 0 Å². The van der Waals surface area contributed by atoms with Crippen molar-refractivity contribution in [1.29, 1.82) is 0 Å². The van der Waals surface area contributed by atoms with E-state index in [1.54, 1.807) is 0 Å².